The third-order valence-electron chi connectivity index (χ3n) is 3.42. The van der Waals surface area contributed by atoms with Crippen LogP contribution in [0.4, 0.5) is 0 Å². The van der Waals surface area contributed by atoms with Gasteiger partial charge in [-0.15, -0.1) is 0 Å². The second-order valence-corrected chi connectivity index (χ2v) is 7.56. The van der Waals surface area contributed by atoms with Crippen LogP contribution in [0.2, 0.25) is 0 Å². The number of nitrogens with zero attached hydrogens (tertiary/aromatic N) is 2. The van der Waals surface area contributed by atoms with Gasteiger partial charge in [0.25, 0.3) is 0 Å². The van der Waals surface area contributed by atoms with Gasteiger partial charge < -0.3 is 5.11 Å². The van der Waals surface area contributed by atoms with Crippen LogP contribution in [0.25, 0.3) is 0 Å². The molecule has 1 saturated heterocycles. The fourth-order valence-corrected chi connectivity index (χ4v) is 5.18. The van der Waals surface area contributed by atoms with Crippen molar-refractivity contribution in [1.82, 2.24) is 9.78 Å². The third kappa shape index (κ3) is 3.25. The minimum Gasteiger partial charge on any atom is -0.392 e. The van der Waals surface area contributed by atoms with Gasteiger partial charge in [-0.05, 0) is 12.5 Å². The molecule has 5 heteroatoms. The lowest BCUT2D eigenvalue weighted by Crippen LogP contribution is -2.36. The van der Waals surface area contributed by atoms with Gasteiger partial charge in [-0.2, -0.15) is 28.6 Å². The van der Waals surface area contributed by atoms with Crippen molar-refractivity contribution in [3.63, 3.8) is 0 Å². The first kappa shape index (κ1) is 14.3. The average Bonchev–Trinajstić information content (AvgIpc) is 2.70. The van der Waals surface area contributed by atoms with Crippen LogP contribution in [0.1, 0.15) is 25.2 Å². The van der Waals surface area contributed by atoms with Crippen LogP contribution in [0, 0.1) is 0 Å². The first-order valence-corrected chi connectivity index (χ1v) is 8.64. The predicted molar refractivity (Wildman–Crippen MR) is 80.5 cm³/mol. The van der Waals surface area contributed by atoms with E-state index in [1.165, 1.54) is 5.75 Å². The summed E-state index contributed by atoms with van der Waals surface area (Å²) in [4.78, 5) is 0. The lowest BCUT2D eigenvalue weighted by molar-refractivity contribution is 0.169. The zero-order valence-electron chi connectivity index (χ0n) is 11.3. The van der Waals surface area contributed by atoms with E-state index in [2.05, 4.69) is 25.0 Å². The van der Waals surface area contributed by atoms with Crippen LogP contribution >= 0.6 is 23.5 Å². The second-order valence-electron chi connectivity index (χ2n) is 4.79. The van der Waals surface area contributed by atoms with Gasteiger partial charge in [0.2, 0.25) is 0 Å². The van der Waals surface area contributed by atoms with Gasteiger partial charge in [-0.3, -0.25) is 4.68 Å². The van der Waals surface area contributed by atoms with Crippen LogP contribution in [-0.4, -0.2) is 43.0 Å². The minimum atomic E-state index is -0.266. The van der Waals surface area contributed by atoms with Crippen LogP contribution in [0.3, 0.4) is 0 Å². The molecule has 0 radical (unpaired) electrons. The third-order valence-corrected chi connectivity index (χ3v) is 6.66. The number of aliphatic hydroxyl groups excluding tert-OH is 1. The number of aryl methyl sites for hydroxylation is 2. The lowest BCUT2D eigenvalue weighted by Gasteiger charge is -2.31. The van der Waals surface area contributed by atoms with Crippen molar-refractivity contribution >= 4 is 23.5 Å². The van der Waals surface area contributed by atoms with E-state index in [9.17, 15) is 5.11 Å². The first-order chi connectivity index (χ1) is 8.61. The highest BCUT2D eigenvalue weighted by Crippen LogP contribution is 2.33. The Labute approximate surface area is 118 Å². The number of hydrogen-bond acceptors (Lipinski definition) is 4. The molecule has 3 atom stereocenters. The Kier molecular flexibility index (Phi) is 5.04. The molecule has 0 aliphatic carbocycles. The van der Waals surface area contributed by atoms with Gasteiger partial charge in [-0.25, -0.2) is 0 Å². The molecule has 0 saturated carbocycles. The number of thioether (sulfide) groups is 2. The summed E-state index contributed by atoms with van der Waals surface area (Å²) in [5, 5.41) is 15.8. The van der Waals surface area contributed by atoms with Gasteiger partial charge in [0.1, 0.15) is 0 Å². The quantitative estimate of drug-likeness (QED) is 0.920. The molecule has 2 rings (SSSR count). The van der Waals surface area contributed by atoms with Crippen molar-refractivity contribution in [2.75, 3.05) is 11.5 Å². The molecule has 1 aromatic rings. The van der Waals surface area contributed by atoms with E-state index in [1.54, 1.807) is 0 Å². The standard InChI is InChI=1S/C13H22N2OS2/c1-4-10-7-11(15(3)14-10)8-12(16)13-9(2)17-5-6-18-13/h7,9,12-13,16H,4-6,8H2,1-3H3. The second kappa shape index (κ2) is 6.35. The zero-order chi connectivity index (χ0) is 13.1. The maximum absolute atomic E-state index is 10.4. The molecule has 1 fully saturated rings. The molecular formula is C13H22N2OS2. The van der Waals surface area contributed by atoms with Crippen molar-refractivity contribution in [3.8, 4) is 0 Å². The molecule has 0 aromatic carbocycles. The van der Waals surface area contributed by atoms with E-state index in [0.717, 1.165) is 23.6 Å². The zero-order valence-corrected chi connectivity index (χ0v) is 12.9. The highest BCUT2D eigenvalue weighted by Gasteiger charge is 2.29. The van der Waals surface area contributed by atoms with Crippen molar-refractivity contribution in [2.45, 2.75) is 43.3 Å². The molecular weight excluding hydrogens is 264 g/mol. The molecule has 0 bridgehead atoms. The molecule has 2 heterocycles. The predicted octanol–water partition coefficient (Wildman–Crippen LogP) is 2.12. The Morgan fingerprint density at radius 3 is 2.83 bits per heavy atom. The van der Waals surface area contributed by atoms with E-state index in [-0.39, 0.29) is 6.10 Å². The van der Waals surface area contributed by atoms with E-state index in [4.69, 9.17) is 0 Å². The highest BCUT2D eigenvalue weighted by molar-refractivity contribution is 8.07. The number of aliphatic hydroxyl groups is 1. The van der Waals surface area contributed by atoms with Crippen LogP contribution < -0.4 is 0 Å². The largest absolute Gasteiger partial charge is 0.392 e. The van der Waals surface area contributed by atoms with Gasteiger partial charge in [0.15, 0.2) is 0 Å². The number of aromatic nitrogens is 2. The SMILES string of the molecule is CCc1cc(CC(O)C2SCCSC2C)n(C)n1. The van der Waals surface area contributed by atoms with Gasteiger partial charge in [0, 0.05) is 41.2 Å². The molecule has 1 aromatic heterocycles. The summed E-state index contributed by atoms with van der Waals surface area (Å²) < 4.78 is 1.91. The Bertz CT molecular complexity index is 394. The molecule has 0 amide bonds. The van der Waals surface area contributed by atoms with Crippen molar-refractivity contribution in [3.05, 3.63) is 17.5 Å². The van der Waals surface area contributed by atoms with Gasteiger partial charge in [-0.1, -0.05) is 13.8 Å². The van der Waals surface area contributed by atoms with Crippen molar-refractivity contribution < 1.29 is 5.11 Å². The maximum Gasteiger partial charge on any atom is 0.0724 e. The Hall–Kier alpha value is -0.130. The van der Waals surface area contributed by atoms with Crippen LogP contribution in [0.15, 0.2) is 6.07 Å². The first-order valence-electron chi connectivity index (χ1n) is 6.55. The van der Waals surface area contributed by atoms with E-state index < -0.39 is 0 Å². The molecule has 1 aliphatic rings. The van der Waals surface area contributed by atoms with Crippen LogP contribution in [-0.2, 0) is 19.9 Å². The topological polar surface area (TPSA) is 38.0 Å². The molecule has 3 nitrogen and oxygen atoms in total. The Morgan fingerprint density at radius 1 is 1.50 bits per heavy atom. The fourth-order valence-electron chi connectivity index (χ4n) is 2.34. The lowest BCUT2D eigenvalue weighted by atomic mass is 10.1. The molecule has 18 heavy (non-hydrogen) atoms. The van der Waals surface area contributed by atoms with E-state index in [0.29, 0.717) is 16.9 Å². The summed E-state index contributed by atoms with van der Waals surface area (Å²) in [6, 6.07) is 2.12. The van der Waals surface area contributed by atoms with E-state index >= 15 is 0 Å². The van der Waals surface area contributed by atoms with Crippen LogP contribution in [0.5, 0.6) is 0 Å². The fraction of sp³-hybridized carbons (Fsp3) is 0.769. The highest BCUT2D eigenvalue weighted by atomic mass is 32.2. The van der Waals surface area contributed by atoms with Crippen molar-refractivity contribution in [2.24, 2.45) is 7.05 Å². The summed E-state index contributed by atoms with van der Waals surface area (Å²) in [5.41, 5.74) is 2.25. The summed E-state index contributed by atoms with van der Waals surface area (Å²) in [5.74, 6) is 2.36. The molecule has 0 spiro atoms. The minimum absolute atomic E-state index is 0.266. The Balaban J connectivity index is 2.01. The van der Waals surface area contributed by atoms with Crippen molar-refractivity contribution in [1.29, 1.82) is 0 Å². The monoisotopic (exact) mass is 286 g/mol. The normalized spacial score (nSPS) is 26.2. The number of hydrogen-bond donors (Lipinski definition) is 1. The summed E-state index contributed by atoms with van der Waals surface area (Å²) in [6.07, 6.45) is 1.40. The number of rotatable bonds is 4. The maximum atomic E-state index is 10.4. The molecule has 1 N–H and O–H groups in total. The Morgan fingerprint density at radius 2 is 2.22 bits per heavy atom. The smallest absolute Gasteiger partial charge is 0.0724 e. The van der Waals surface area contributed by atoms with E-state index in [1.807, 2.05) is 35.3 Å². The summed E-state index contributed by atoms with van der Waals surface area (Å²) >= 11 is 3.89. The van der Waals surface area contributed by atoms with Gasteiger partial charge in [0.05, 0.1) is 11.8 Å². The summed E-state index contributed by atoms with van der Waals surface area (Å²) in [7, 11) is 1.97. The molecule has 1 aliphatic heterocycles. The molecule has 3 unspecified atom stereocenters. The van der Waals surface area contributed by atoms with Gasteiger partial charge >= 0.3 is 0 Å². The summed E-state index contributed by atoms with van der Waals surface area (Å²) in [6.45, 7) is 4.34. The molecule has 102 valence electrons. The average molecular weight is 286 g/mol.